The summed E-state index contributed by atoms with van der Waals surface area (Å²) in [5.74, 6) is 0.937. The molecule has 2 aromatic rings. The molecule has 0 saturated carbocycles. The Bertz CT molecular complexity index is 734. The monoisotopic (exact) mass is 338 g/mol. The second-order valence-corrected chi connectivity index (χ2v) is 7.87. The first-order chi connectivity index (χ1) is 12.1. The van der Waals surface area contributed by atoms with Crippen LogP contribution in [0.1, 0.15) is 37.3 Å². The van der Waals surface area contributed by atoms with Crippen LogP contribution in [0.4, 0.5) is 0 Å². The van der Waals surface area contributed by atoms with Gasteiger partial charge in [0.1, 0.15) is 0 Å². The zero-order valence-corrected chi connectivity index (χ0v) is 14.9. The topological polar surface area (TPSA) is 51.0 Å². The van der Waals surface area contributed by atoms with Gasteiger partial charge in [0.2, 0.25) is 5.91 Å². The molecule has 1 fully saturated rings. The molecule has 0 N–H and O–H groups in total. The molecule has 4 rings (SSSR count). The van der Waals surface area contributed by atoms with E-state index >= 15 is 0 Å². The molecule has 25 heavy (non-hydrogen) atoms. The van der Waals surface area contributed by atoms with Crippen molar-refractivity contribution in [3.63, 3.8) is 0 Å². The lowest BCUT2D eigenvalue weighted by Crippen LogP contribution is -2.48. The highest BCUT2D eigenvalue weighted by Crippen LogP contribution is 2.37. The highest BCUT2D eigenvalue weighted by atomic mass is 16.2. The van der Waals surface area contributed by atoms with Crippen LogP contribution in [0.25, 0.3) is 0 Å². The molecular weight excluding hydrogens is 312 g/mol. The number of amides is 1. The van der Waals surface area contributed by atoms with Crippen LogP contribution in [-0.2, 0) is 24.2 Å². The van der Waals surface area contributed by atoms with Crippen molar-refractivity contribution in [1.29, 1.82) is 0 Å². The quantitative estimate of drug-likeness (QED) is 0.865. The molecule has 0 spiro atoms. The largest absolute Gasteiger partial charge is 0.342 e. The fourth-order valence-corrected chi connectivity index (χ4v) is 4.37. The molecule has 1 amide bonds. The number of aryl methyl sites for hydroxylation is 1. The normalized spacial score (nSPS) is 24.1. The smallest absolute Gasteiger partial charge is 0.228 e. The number of aromatic nitrogens is 3. The van der Waals surface area contributed by atoms with Gasteiger partial charge in [-0.3, -0.25) is 9.48 Å². The molecule has 1 atom stereocenters. The third-order valence-electron chi connectivity index (χ3n) is 5.98. The van der Waals surface area contributed by atoms with Crippen molar-refractivity contribution in [2.45, 2.75) is 45.6 Å². The summed E-state index contributed by atoms with van der Waals surface area (Å²) in [5.41, 5.74) is 2.53. The zero-order valence-electron chi connectivity index (χ0n) is 14.9. The Morgan fingerprint density at radius 3 is 2.72 bits per heavy atom. The predicted octanol–water partition coefficient (Wildman–Crippen LogP) is 2.71. The van der Waals surface area contributed by atoms with Crippen molar-refractivity contribution in [2.24, 2.45) is 11.3 Å². The van der Waals surface area contributed by atoms with E-state index < -0.39 is 0 Å². The number of fused-ring (bicyclic) bond motifs is 1. The zero-order chi connectivity index (χ0) is 17.3. The van der Waals surface area contributed by atoms with E-state index in [-0.39, 0.29) is 5.41 Å². The van der Waals surface area contributed by atoms with Crippen molar-refractivity contribution in [1.82, 2.24) is 19.9 Å². The molecule has 1 saturated heterocycles. The molecule has 0 bridgehead atoms. The van der Waals surface area contributed by atoms with E-state index in [1.165, 1.54) is 11.1 Å². The molecule has 1 aromatic heterocycles. The second kappa shape index (κ2) is 6.62. The number of rotatable bonds is 3. The van der Waals surface area contributed by atoms with Gasteiger partial charge in [0, 0.05) is 25.8 Å². The van der Waals surface area contributed by atoms with Crippen molar-refractivity contribution >= 4 is 5.91 Å². The van der Waals surface area contributed by atoms with Gasteiger partial charge in [-0.2, -0.15) is 0 Å². The van der Waals surface area contributed by atoms with Gasteiger partial charge in [-0.05, 0) is 49.1 Å². The van der Waals surface area contributed by atoms with Crippen LogP contribution < -0.4 is 0 Å². The van der Waals surface area contributed by atoms with Gasteiger partial charge in [0.15, 0.2) is 0 Å². The Balaban J connectivity index is 1.37. The summed E-state index contributed by atoms with van der Waals surface area (Å²) in [4.78, 5) is 15.3. The summed E-state index contributed by atoms with van der Waals surface area (Å²) in [6.07, 6.45) is 8.60. The molecule has 5 heteroatoms. The minimum atomic E-state index is -0.243. The number of nitrogens with zero attached hydrogens (tertiary/aromatic N) is 4. The van der Waals surface area contributed by atoms with E-state index in [4.69, 9.17) is 0 Å². The lowest BCUT2D eigenvalue weighted by atomic mass is 9.71. The first-order valence-corrected chi connectivity index (χ1v) is 9.34. The average molecular weight is 338 g/mol. The molecule has 1 aliphatic heterocycles. The molecule has 2 aliphatic rings. The maximum Gasteiger partial charge on any atom is 0.228 e. The number of piperidine rings is 1. The van der Waals surface area contributed by atoms with Crippen LogP contribution in [0.3, 0.4) is 0 Å². The average Bonchev–Trinajstić information content (AvgIpc) is 3.15. The lowest BCUT2D eigenvalue weighted by molar-refractivity contribution is -0.143. The van der Waals surface area contributed by atoms with Crippen LogP contribution >= 0.6 is 0 Å². The van der Waals surface area contributed by atoms with E-state index in [1.807, 2.05) is 10.9 Å². The van der Waals surface area contributed by atoms with E-state index in [0.717, 1.165) is 51.7 Å². The fraction of sp³-hybridized carbons (Fsp3) is 0.550. The van der Waals surface area contributed by atoms with Gasteiger partial charge >= 0.3 is 0 Å². The third kappa shape index (κ3) is 3.32. The number of carbonyl (C=O) groups excluding carboxylic acids is 1. The Kier molecular flexibility index (Phi) is 4.32. The highest BCUT2D eigenvalue weighted by molar-refractivity contribution is 5.83. The number of hydrogen-bond acceptors (Lipinski definition) is 3. The maximum absolute atomic E-state index is 13.2. The number of benzene rings is 1. The third-order valence-corrected chi connectivity index (χ3v) is 5.98. The highest BCUT2D eigenvalue weighted by Gasteiger charge is 2.40. The standard InChI is InChI=1S/C20H26N4O/c1-20(9-6-17-4-2-3-5-18(17)14-20)19(25)23-11-7-16(8-12-23)15-24-13-10-21-22-24/h2-5,10,13,16H,6-9,11-12,14-15H2,1H3. The SMILES string of the molecule is CC1(C(=O)N2CCC(Cn3ccnn3)CC2)CCc2ccccc2C1. The molecular formula is C20H26N4O. The Morgan fingerprint density at radius 1 is 1.24 bits per heavy atom. The number of likely N-dealkylation sites (tertiary alicyclic amines) is 1. The van der Waals surface area contributed by atoms with Gasteiger partial charge in [-0.15, -0.1) is 5.10 Å². The summed E-state index contributed by atoms with van der Waals surface area (Å²) < 4.78 is 1.90. The minimum Gasteiger partial charge on any atom is -0.342 e. The molecule has 1 aromatic carbocycles. The minimum absolute atomic E-state index is 0.243. The Morgan fingerprint density at radius 2 is 2.00 bits per heavy atom. The Labute approximate surface area is 149 Å². The van der Waals surface area contributed by atoms with Gasteiger partial charge in [-0.25, -0.2) is 0 Å². The van der Waals surface area contributed by atoms with Crippen LogP contribution in [0, 0.1) is 11.3 Å². The summed E-state index contributed by atoms with van der Waals surface area (Å²) in [6.45, 7) is 4.81. The van der Waals surface area contributed by atoms with E-state index in [9.17, 15) is 4.79 Å². The molecule has 1 unspecified atom stereocenters. The fourth-order valence-electron chi connectivity index (χ4n) is 4.37. The molecule has 2 heterocycles. The number of carbonyl (C=O) groups is 1. The predicted molar refractivity (Wildman–Crippen MR) is 95.9 cm³/mol. The first-order valence-electron chi connectivity index (χ1n) is 9.34. The van der Waals surface area contributed by atoms with Crippen molar-refractivity contribution in [2.75, 3.05) is 13.1 Å². The van der Waals surface area contributed by atoms with Crippen LogP contribution in [0.15, 0.2) is 36.7 Å². The van der Waals surface area contributed by atoms with Crippen molar-refractivity contribution in [3.8, 4) is 0 Å². The first kappa shape index (κ1) is 16.3. The molecule has 0 radical (unpaired) electrons. The van der Waals surface area contributed by atoms with Crippen LogP contribution in [-0.4, -0.2) is 38.9 Å². The second-order valence-electron chi connectivity index (χ2n) is 7.87. The molecule has 132 valence electrons. The van der Waals surface area contributed by atoms with Crippen molar-refractivity contribution in [3.05, 3.63) is 47.8 Å². The lowest BCUT2D eigenvalue weighted by Gasteiger charge is -2.40. The van der Waals surface area contributed by atoms with Crippen LogP contribution in [0.5, 0.6) is 0 Å². The van der Waals surface area contributed by atoms with Crippen LogP contribution in [0.2, 0.25) is 0 Å². The van der Waals surface area contributed by atoms with Crippen molar-refractivity contribution < 1.29 is 4.79 Å². The van der Waals surface area contributed by atoms with E-state index in [1.54, 1.807) is 6.20 Å². The van der Waals surface area contributed by atoms with E-state index in [2.05, 4.69) is 46.4 Å². The summed E-state index contributed by atoms with van der Waals surface area (Å²) in [7, 11) is 0. The summed E-state index contributed by atoms with van der Waals surface area (Å²) in [5, 5.41) is 7.92. The Hall–Kier alpha value is -2.17. The molecule has 1 aliphatic carbocycles. The molecule has 5 nitrogen and oxygen atoms in total. The van der Waals surface area contributed by atoms with E-state index in [0.29, 0.717) is 11.8 Å². The summed E-state index contributed by atoms with van der Waals surface area (Å²) >= 11 is 0. The van der Waals surface area contributed by atoms with Gasteiger partial charge in [0.05, 0.1) is 11.6 Å². The van der Waals surface area contributed by atoms with Gasteiger partial charge in [0.25, 0.3) is 0 Å². The van der Waals surface area contributed by atoms with Gasteiger partial charge in [-0.1, -0.05) is 36.4 Å². The summed E-state index contributed by atoms with van der Waals surface area (Å²) in [6, 6.07) is 8.58. The van der Waals surface area contributed by atoms with Gasteiger partial charge < -0.3 is 4.90 Å². The number of hydrogen-bond donors (Lipinski definition) is 0. The maximum atomic E-state index is 13.2.